The summed E-state index contributed by atoms with van der Waals surface area (Å²) in [5.74, 6) is 0.324. The van der Waals surface area contributed by atoms with Crippen molar-refractivity contribution in [2.24, 2.45) is 5.92 Å². The fourth-order valence-electron chi connectivity index (χ4n) is 2.62. The van der Waals surface area contributed by atoms with Crippen molar-refractivity contribution >= 4 is 11.2 Å². The van der Waals surface area contributed by atoms with Crippen LogP contribution in [0.3, 0.4) is 0 Å². The standard InChI is InChI=1S/C16H28N6O2/c1-6-8-20-15(23)13-14(17-18-22(13)10-9-19(4)5)21(16(20)24)11-12(3)7-2/h12H,6-11H2,1-5H3. The maximum atomic E-state index is 12.8. The van der Waals surface area contributed by atoms with Crippen LogP contribution in [0.5, 0.6) is 0 Å². The Morgan fingerprint density at radius 1 is 1.12 bits per heavy atom. The predicted molar refractivity (Wildman–Crippen MR) is 94.3 cm³/mol. The smallest absolute Gasteiger partial charge is 0.308 e. The highest BCUT2D eigenvalue weighted by atomic mass is 16.2. The van der Waals surface area contributed by atoms with Crippen molar-refractivity contribution in [2.75, 3.05) is 20.6 Å². The van der Waals surface area contributed by atoms with Crippen LogP contribution in [-0.2, 0) is 19.6 Å². The van der Waals surface area contributed by atoms with Gasteiger partial charge in [0, 0.05) is 19.6 Å². The summed E-state index contributed by atoms with van der Waals surface area (Å²) in [7, 11) is 3.93. The van der Waals surface area contributed by atoms with Crippen molar-refractivity contribution in [2.45, 2.75) is 53.2 Å². The van der Waals surface area contributed by atoms with E-state index < -0.39 is 0 Å². The second kappa shape index (κ2) is 7.74. The summed E-state index contributed by atoms with van der Waals surface area (Å²) in [6, 6.07) is 0. The molecule has 0 radical (unpaired) electrons. The Bertz CT molecular complexity index is 801. The summed E-state index contributed by atoms with van der Waals surface area (Å²) in [5.41, 5.74) is 0.250. The molecule has 0 saturated carbocycles. The highest BCUT2D eigenvalue weighted by Gasteiger charge is 2.19. The van der Waals surface area contributed by atoms with Gasteiger partial charge in [-0.3, -0.25) is 13.9 Å². The average molecular weight is 336 g/mol. The molecule has 0 aromatic carbocycles. The van der Waals surface area contributed by atoms with Gasteiger partial charge in [-0.25, -0.2) is 9.48 Å². The normalized spacial score (nSPS) is 13.1. The van der Waals surface area contributed by atoms with Crippen molar-refractivity contribution in [3.8, 4) is 0 Å². The molecule has 0 amide bonds. The van der Waals surface area contributed by atoms with E-state index in [-0.39, 0.29) is 11.2 Å². The Hall–Kier alpha value is -1.96. The van der Waals surface area contributed by atoms with Crippen LogP contribution in [0.15, 0.2) is 9.59 Å². The lowest BCUT2D eigenvalue weighted by atomic mass is 10.1. The Morgan fingerprint density at radius 2 is 1.83 bits per heavy atom. The van der Waals surface area contributed by atoms with Crippen LogP contribution in [0.2, 0.25) is 0 Å². The molecule has 8 heteroatoms. The number of rotatable bonds is 8. The molecule has 1 atom stereocenters. The number of aromatic nitrogens is 5. The first kappa shape index (κ1) is 18.4. The van der Waals surface area contributed by atoms with E-state index in [0.29, 0.717) is 36.7 Å². The van der Waals surface area contributed by atoms with Gasteiger partial charge in [0.15, 0.2) is 11.2 Å². The first-order valence-electron chi connectivity index (χ1n) is 8.62. The Morgan fingerprint density at radius 3 is 2.42 bits per heavy atom. The third-order valence-corrected chi connectivity index (χ3v) is 4.28. The highest BCUT2D eigenvalue weighted by Crippen LogP contribution is 2.09. The van der Waals surface area contributed by atoms with Gasteiger partial charge in [0.2, 0.25) is 0 Å². The van der Waals surface area contributed by atoms with E-state index in [0.717, 1.165) is 19.4 Å². The average Bonchev–Trinajstić information content (AvgIpc) is 2.97. The van der Waals surface area contributed by atoms with Gasteiger partial charge in [0.25, 0.3) is 5.56 Å². The van der Waals surface area contributed by atoms with Crippen LogP contribution in [0.25, 0.3) is 11.2 Å². The van der Waals surface area contributed by atoms with E-state index in [1.54, 1.807) is 9.25 Å². The highest BCUT2D eigenvalue weighted by molar-refractivity contribution is 5.68. The molecule has 2 heterocycles. The van der Waals surface area contributed by atoms with Crippen molar-refractivity contribution in [1.29, 1.82) is 0 Å². The molecule has 0 aliphatic rings. The minimum absolute atomic E-state index is 0.283. The molecule has 0 spiro atoms. The molecule has 0 saturated heterocycles. The fourth-order valence-corrected chi connectivity index (χ4v) is 2.62. The van der Waals surface area contributed by atoms with Gasteiger partial charge in [-0.15, -0.1) is 5.10 Å². The van der Waals surface area contributed by atoms with Crippen LogP contribution in [-0.4, -0.2) is 49.7 Å². The third kappa shape index (κ3) is 3.58. The third-order valence-electron chi connectivity index (χ3n) is 4.28. The Kier molecular flexibility index (Phi) is 5.93. The van der Waals surface area contributed by atoms with Crippen molar-refractivity contribution in [3.63, 3.8) is 0 Å². The molecule has 2 aromatic heterocycles. The maximum Gasteiger partial charge on any atom is 0.332 e. The van der Waals surface area contributed by atoms with Crippen LogP contribution < -0.4 is 11.2 Å². The lowest BCUT2D eigenvalue weighted by Gasteiger charge is -2.14. The topological polar surface area (TPSA) is 78.0 Å². The van der Waals surface area contributed by atoms with Crippen LogP contribution >= 0.6 is 0 Å². The molecule has 0 N–H and O–H groups in total. The molecule has 2 rings (SSSR count). The fraction of sp³-hybridized carbons (Fsp3) is 0.750. The summed E-state index contributed by atoms with van der Waals surface area (Å²) in [5, 5.41) is 8.28. The SMILES string of the molecule is CCCn1c(=O)c2c(nnn2CCN(C)C)n(CC(C)CC)c1=O. The lowest BCUT2D eigenvalue weighted by Crippen LogP contribution is -2.41. The monoisotopic (exact) mass is 336 g/mol. The van der Waals surface area contributed by atoms with E-state index in [9.17, 15) is 9.59 Å². The van der Waals surface area contributed by atoms with Crippen LogP contribution in [0.1, 0.15) is 33.6 Å². The minimum Gasteiger partial charge on any atom is -0.308 e. The zero-order valence-electron chi connectivity index (χ0n) is 15.3. The summed E-state index contributed by atoms with van der Waals surface area (Å²) < 4.78 is 4.55. The predicted octanol–water partition coefficient (Wildman–Crippen LogP) is 0.772. The molecule has 8 nitrogen and oxygen atoms in total. The molecule has 2 aromatic rings. The van der Waals surface area contributed by atoms with Crippen LogP contribution in [0, 0.1) is 5.92 Å². The molecule has 1 unspecified atom stereocenters. The molecular weight excluding hydrogens is 308 g/mol. The van der Waals surface area contributed by atoms with Gasteiger partial charge in [0.05, 0.1) is 6.54 Å². The number of fused-ring (bicyclic) bond motifs is 1. The maximum absolute atomic E-state index is 12.8. The minimum atomic E-state index is -0.291. The summed E-state index contributed by atoms with van der Waals surface area (Å²) >= 11 is 0. The second-order valence-corrected chi connectivity index (χ2v) is 6.65. The molecule has 134 valence electrons. The van der Waals surface area contributed by atoms with Gasteiger partial charge in [0.1, 0.15) is 0 Å². The number of hydrogen-bond donors (Lipinski definition) is 0. The quantitative estimate of drug-likeness (QED) is 0.712. The van der Waals surface area contributed by atoms with E-state index >= 15 is 0 Å². The molecular formula is C16H28N6O2. The number of likely N-dealkylation sites (N-methyl/N-ethyl adjacent to an activating group) is 1. The summed E-state index contributed by atoms with van der Waals surface area (Å²) in [6.07, 6.45) is 1.68. The van der Waals surface area contributed by atoms with Gasteiger partial charge in [-0.05, 0) is 26.4 Å². The Balaban J connectivity index is 2.66. The summed E-state index contributed by atoms with van der Waals surface area (Å²) in [4.78, 5) is 27.6. The molecule has 0 aliphatic carbocycles. The molecule has 0 bridgehead atoms. The Labute approximate surface area is 141 Å². The van der Waals surface area contributed by atoms with Crippen molar-refractivity contribution < 1.29 is 0 Å². The lowest BCUT2D eigenvalue weighted by molar-refractivity contribution is 0.373. The first-order valence-corrected chi connectivity index (χ1v) is 8.62. The van der Waals surface area contributed by atoms with E-state index in [1.807, 2.05) is 25.9 Å². The van der Waals surface area contributed by atoms with E-state index in [1.165, 1.54) is 4.57 Å². The summed E-state index contributed by atoms with van der Waals surface area (Å²) in [6.45, 7) is 8.39. The van der Waals surface area contributed by atoms with E-state index in [4.69, 9.17) is 0 Å². The second-order valence-electron chi connectivity index (χ2n) is 6.65. The number of nitrogens with zero attached hydrogens (tertiary/aromatic N) is 6. The number of hydrogen-bond acceptors (Lipinski definition) is 5. The zero-order chi connectivity index (χ0) is 17.9. The van der Waals surface area contributed by atoms with Gasteiger partial charge in [-0.2, -0.15) is 0 Å². The largest absolute Gasteiger partial charge is 0.332 e. The first-order chi connectivity index (χ1) is 11.4. The molecule has 24 heavy (non-hydrogen) atoms. The van der Waals surface area contributed by atoms with Gasteiger partial charge >= 0.3 is 5.69 Å². The van der Waals surface area contributed by atoms with Gasteiger partial charge < -0.3 is 4.90 Å². The van der Waals surface area contributed by atoms with Crippen molar-refractivity contribution in [1.82, 2.24) is 29.0 Å². The molecule has 0 fully saturated rings. The van der Waals surface area contributed by atoms with Crippen molar-refractivity contribution in [3.05, 3.63) is 20.8 Å². The van der Waals surface area contributed by atoms with Gasteiger partial charge in [-0.1, -0.05) is 32.4 Å². The zero-order valence-corrected chi connectivity index (χ0v) is 15.3. The van der Waals surface area contributed by atoms with Crippen LogP contribution in [0.4, 0.5) is 0 Å². The van der Waals surface area contributed by atoms with E-state index in [2.05, 4.69) is 24.2 Å². The molecule has 0 aliphatic heterocycles.